The number of unbranched alkanes of at least 4 members (excludes halogenated alkanes) is 1. The van der Waals surface area contributed by atoms with Crippen LogP contribution in [0.2, 0.25) is 0 Å². The molecule has 3 unspecified atom stereocenters. The highest BCUT2D eigenvalue weighted by molar-refractivity contribution is 7.98. The number of carboxylic acid groups (broad SMARTS) is 1. The molecule has 0 rings (SSSR count). The summed E-state index contributed by atoms with van der Waals surface area (Å²) in [4.78, 5) is 52.7. The first kappa shape index (κ1) is 30.4. The maximum Gasteiger partial charge on any atom is 0.326 e. The van der Waals surface area contributed by atoms with Crippen LogP contribution in [0.5, 0.6) is 0 Å². The van der Waals surface area contributed by atoms with E-state index in [1.165, 1.54) is 11.8 Å². The van der Waals surface area contributed by atoms with Crippen LogP contribution >= 0.6 is 11.8 Å². The lowest BCUT2D eigenvalue weighted by Gasteiger charge is -2.24. The Labute approximate surface area is 198 Å². The Hall–Kier alpha value is -2.58. The largest absolute Gasteiger partial charge is 0.480 e. The minimum Gasteiger partial charge on any atom is -0.480 e. The summed E-state index contributed by atoms with van der Waals surface area (Å²) in [6, 6.07) is -3.03. The lowest BCUT2D eigenvalue weighted by Crippen LogP contribution is -2.56. The van der Waals surface area contributed by atoms with Gasteiger partial charge in [0.05, 0.1) is 6.54 Å². The first-order chi connectivity index (χ1) is 15.7. The zero-order chi connectivity index (χ0) is 25.2. The standard InChI is InChI=1S/C19H38N8O5S/c1-33-10-7-13(25-15(28)11-21)17(30)26-12(5-2-3-8-20)16(29)27-14(18(31)32)6-4-9-24-19(22)23/h12-14H,2-11,20-21H2,1H3,(H,25,28)(H,26,30)(H,27,29)(H,31,32)(H4,22,23,24). The van der Waals surface area contributed by atoms with Crippen molar-refractivity contribution in [1.82, 2.24) is 16.0 Å². The van der Waals surface area contributed by atoms with Crippen LogP contribution in [-0.2, 0) is 19.2 Å². The first-order valence-corrected chi connectivity index (χ1v) is 12.1. The van der Waals surface area contributed by atoms with Gasteiger partial charge in [-0.2, -0.15) is 11.8 Å². The number of nitrogens with two attached hydrogens (primary N) is 4. The third-order valence-corrected chi connectivity index (χ3v) is 5.23. The van der Waals surface area contributed by atoms with E-state index in [9.17, 15) is 24.3 Å². The number of aliphatic imine (C=N–C) groups is 1. The van der Waals surface area contributed by atoms with Crippen LogP contribution in [-0.4, -0.2) is 84.5 Å². The molecule has 3 atom stereocenters. The Bertz CT molecular complexity index is 660. The normalized spacial score (nSPS) is 13.3. The topological polar surface area (TPSA) is 241 Å². The number of carboxylic acids is 1. The average Bonchev–Trinajstić information content (AvgIpc) is 2.77. The third-order valence-electron chi connectivity index (χ3n) is 4.59. The zero-order valence-electron chi connectivity index (χ0n) is 19.0. The van der Waals surface area contributed by atoms with Gasteiger partial charge >= 0.3 is 5.97 Å². The van der Waals surface area contributed by atoms with Crippen molar-refractivity contribution in [2.24, 2.45) is 27.9 Å². The molecule has 0 aromatic carbocycles. The maximum absolute atomic E-state index is 12.8. The van der Waals surface area contributed by atoms with Crippen molar-refractivity contribution in [1.29, 1.82) is 0 Å². The summed E-state index contributed by atoms with van der Waals surface area (Å²) >= 11 is 1.50. The van der Waals surface area contributed by atoms with Gasteiger partial charge in [-0.1, -0.05) is 0 Å². The molecule has 0 radical (unpaired) electrons. The maximum atomic E-state index is 12.8. The summed E-state index contributed by atoms with van der Waals surface area (Å²) < 4.78 is 0. The number of nitrogens with zero attached hydrogens (tertiary/aromatic N) is 1. The monoisotopic (exact) mass is 490 g/mol. The molecule has 0 aliphatic carbocycles. The van der Waals surface area contributed by atoms with Gasteiger partial charge in [0.15, 0.2) is 5.96 Å². The van der Waals surface area contributed by atoms with E-state index in [0.29, 0.717) is 38.0 Å². The number of nitrogens with one attached hydrogen (secondary N) is 3. The summed E-state index contributed by atoms with van der Waals surface area (Å²) in [6.07, 6.45) is 4.07. The highest BCUT2D eigenvalue weighted by Crippen LogP contribution is 2.07. The Morgan fingerprint density at radius 1 is 0.879 bits per heavy atom. The smallest absolute Gasteiger partial charge is 0.326 e. The number of amides is 3. The van der Waals surface area contributed by atoms with Crippen molar-refractivity contribution in [2.45, 2.75) is 56.7 Å². The zero-order valence-corrected chi connectivity index (χ0v) is 19.9. The predicted molar refractivity (Wildman–Crippen MR) is 128 cm³/mol. The SMILES string of the molecule is CSCCC(NC(=O)CN)C(=O)NC(CCCCN)C(=O)NC(CCCN=C(N)N)C(=O)O. The van der Waals surface area contributed by atoms with Gasteiger partial charge in [0.2, 0.25) is 17.7 Å². The predicted octanol–water partition coefficient (Wildman–Crippen LogP) is -2.58. The number of hydrogen-bond acceptors (Lipinski definition) is 8. The van der Waals surface area contributed by atoms with Gasteiger partial charge in [0.25, 0.3) is 0 Å². The van der Waals surface area contributed by atoms with E-state index in [1.54, 1.807) is 0 Å². The van der Waals surface area contributed by atoms with E-state index in [2.05, 4.69) is 20.9 Å². The molecule has 14 heteroatoms. The van der Waals surface area contributed by atoms with Crippen LogP contribution in [0.4, 0.5) is 0 Å². The molecule has 0 bridgehead atoms. The number of thioether (sulfide) groups is 1. The summed E-state index contributed by atoms with van der Waals surface area (Å²) in [5.41, 5.74) is 21.3. The van der Waals surface area contributed by atoms with E-state index in [4.69, 9.17) is 22.9 Å². The van der Waals surface area contributed by atoms with Gasteiger partial charge in [-0.05, 0) is 57.1 Å². The molecule has 0 aromatic heterocycles. The summed E-state index contributed by atoms with van der Waals surface area (Å²) in [5.74, 6) is -2.39. The highest BCUT2D eigenvalue weighted by atomic mass is 32.2. The molecule has 3 amide bonds. The molecule has 0 fully saturated rings. The number of aliphatic carboxylic acids is 1. The van der Waals surface area contributed by atoms with Crippen molar-refractivity contribution in [3.63, 3.8) is 0 Å². The lowest BCUT2D eigenvalue weighted by atomic mass is 10.1. The van der Waals surface area contributed by atoms with E-state index in [0.717, 1.165) is 0 Å². The fourth-order valence-corrected chi connectivity index (χ4v) is 3.30. The second-order valence-corrected chi connectivity index (χ2v) is 8.29. The Morgan fingerprint density at radius 2 is 1.45 bits per heavy atom. The second-order valence-electron chi connectivity index (χ2n) is 7.30. The van der Waals surface area contributed by atoms with Crippen LogP contribution in [0.25, 0.3) is 0 Å². The number of guanidine groups is 1. The third kappa shape index (κ3) is 14.2. The molecule has 0 aliphatic heterocycles. The molecule has 0 spiro atoms. The van der Waals surface area contributed by atoms with Gasteiger partial charge in [0, 0.05) is 6.54 Å². The fourth-order valence-electron chi connectivity index (χ4n) is 2.82. The minimum absolute atomic E-state index is 0.101. The van der Waals surface area contributed by atoms with Crippen LogP contribution < -0.4 is 38.9 Å². The van der Waals surface area contributed by atoms with E-state index < -0.39 is 41.8 Å². The van der Waals surface area contributed by atoms with Crippen LogP contribution in [0.3, 0.4) is 0 Å². The second kappa shape index (κ2) is 17.9. The van der Waals surface area contributed by atoms with Gasteiger partial charge in [0.1, 0.15) is 18.1 Å². The molecule has 0 aromatic rings. The summed E-state index contributed by atoms with van der Waals surface area (Å²) in [6.45, 7) is 0.355. The fraction of sp³-hybridized carbons (Fsp3) is 0.737. The van der Waals surface area contributed by atoms with Crippen molar-refractivity contribution in [3.05, 3.63) is 0 Å². The quantitative estimate of drug-likeness (QED) is 0.0566. The van der Waals surface area contributed by atoms with Gasteiger partial charge < -0.3 is 44.0 Å². The number of hydrogen-bond donors (Lipinski definition) is 8. The molecule has 0 aliphatic rings. The lowest BCUT2D eigenvalue weighted by molar-refractivity contribution is -0.142. The van der Waals surface area contributed by atoms with Crippen molar-refractivity contribution in [3.8, 4) is 0 Å². The van der Waals surface area contributed by atoms with Crippen molar-refractivity contribution < 1.29 is 24.3 Å². The van der Waals surface area contributed by atoms with Crippen molar-refractivity contribution in [2.75, 3.05) is 31.6 Å². The molecule has 0 saturated heterocycles. The Morgan fingerprint density at radius 3 is 1.97 bits per heavy atom. The van der Waals surface area contributed by atoms with E-state index >= 15 is 0 Å². The molecule has 0 saturated carbocycles. The van der Waals surface area contributed by atoms with Crippen LogP contribution in [0.1, 0.15) is 38.5 Å². The van der Waals surface area contributed by atoms with E-state index in [1.807, 2.05) is 6.26 Å². The Kier molecular flexibility index (Phi) is 16.5. The molecule has 12 N–H and O–H groups in total. The van der Waals surface area contributed by atoms with Gasteiger partial charge in [-0.3, -0.25) is 19.4 Å². The minimum atomic E-state index is -1.21. The molecular weight excluding hydrogens is 452 g/mol. The highest BCUT2D eigenvalue weighted by Gasteiger charge is 2.29. The summed E-state index contributed by atoms with van der Waals surface area (Å²) in [5, 5.41) is 17.1. The van der Waals surface area contributed by atoms with Gasteiger partial charge in [-0.15, -0.1) is 0 Å². The number of carbonyl (C=O) groups excluding carboxylic acids is 3. The Balaban J connectivity index is 5.28. The molecule has 13 nitrogen and oxygen atoms in total. The van der Waals surface area contributed by atoms with Crippen molar-refractivity contribution >= 4 is 41.4 Å². The van der Waals surface area contributed by atoms with Gasteiger partial charge in [-0.25, -0.2) is 4.79 Å². The molecule has 33 heavy (non-hydrogen) atoms. The first-order valence-electron chi connectivity index (χ1n) is 10.7. The summed E-state index contributed by atoms with van der Waals surface area (Å²) in [7, 11) is 0. The number of carbonyl (C=O) groups is 4. The number of rotatable bonds is 18. The van der Waals surface area contributed by atoms with Crippen LogP contribution in [0, 0.1) is 0 Å². The van der Waals surface area contributed by atoms with Crippen LogP contribution in [0.15, 0.2) is 4.99 Å². The average molecular weight is 491 g/mol. The van der Waals surface area contributed by atoms with E-state index in [-0.39, 0.29) is 31.9 Å². The molecule has 190 valence electrons. The molecule has 0 heterocycles. The molecular formula is C19H38N8O5S.